The van der Waals surface area contributed by atoms with E-state index in [1.54, 1.807) is 7.11 Å². The molecule has 1 saturated carbocycles. The van der Waals surface area contributed by atoms with Crippen LogP contribution in [0.1, 0.15) is 51.0 Å². The summed E-state index contributed by atoms with van der Waals surface area (Å²) < 4.78 is 11.3. The molecule has 0 amide bonds. The summed E-state index contributed by atoms with van der Waals surface area (Å²) in [5.74, 6) is 1.40. The summed E-state index contributed by atoms with van der Waals surface area (Å²) in [5.41, 5.74) is 1.14. The van der Waals surface area contributed by atoms with Crippen LogP contribution in [0.25, 0.3) is 0 Å². The van der Waals surface area contributed by atoms with E-state index in [2.05, 4.69) is 12.2 Å². The van der Waals surface area contributed by atoms with E-state index in [4.69, 9.17) is 21.1 Å². The summed E-state index contributed by atoms with van der Waals surface area (Å²) in [5, 5.41) is 4.12. The first-order valence-electron chi connectivity index (χ1n) is 7.97. The van der Waals surface area contributed by atoms with Crippen molar-refractivity contribution in [2.24, 2.45) is 0 Å². The highest BCUT2D eigenvalue weighted by atomic mass is 35.5. The fraction of sp³-hybridized carbons (Fsp3) is 0.647. The van der Waals surface area contributed by atoms with E-state index in [-0.39, 0.29) is 0 Å². The van der Waals surface area contributed by atoms with Crippen molar-refractivity contribution < 1.29 is 9.47 Å². The van der Waals surface area contributed by atoms with Gasteiger partial charge in [0, 0.05) is 12.6 Å². The third kappa shape index (κ3) is 5.40. The molecule has 0 aromatic heterocycles. The van der Waals surface area contributed by atoms with Gasteiger partial charge in [0.2, 0.25) is 0 Å². The lowest BCUT2D eigenvalue weighted by Crippen LogP contribution is -2.15. The first kappa shape index (κ1) is 16.4. The smallest absolute Gasteiger partial charge is 0.179 e. The normalized spacial score (nSPS) is 14.2. The van der Waals surface area contributed by atoms with Crippen molar-refractivity contribution in [3.05, 3.63) is 22.7 Å². The molecule has 2 rings (SSSR count). The number of halogens is 1. The maximum absolute atomic E-state index is 6.35. The molecule has 0 unspecified atom stereocenters. The standard InChI is InChI=1S/C17H26ClNO2/c1-3-4-5-6-9-21-17-15(18)10-13(11-16(17)20-2)12-19-14-7-8-14/h10-11,14,19H,3-9,12H2,1-2H3. The van der Waals surface area contributed by atoms with Gasteiger partial charge >= 0.3 is 0 Å². The van der Waals surface area contributed by atoms with Crippen LogP contribution in [0, 0.1) is 0 Å². The summed E-state index contributed by atoms with van der Waals surface area (Å²) in [4.78, 5) is 0. The molecule has 0 saturated heterocycles. The van der Waals surface area contributed by atoms with Crippen molar-refractivity contribution in [3.8, 4) is 11.5 Å². The summed E-state index contributed by atoms with van der Waals surface area (Å²) in [6.45, 7) is 3.72. The zero-order chi connectivity index (χ0) is 15.1. The van der Waals surface area contributed by atoms with Crippen molar-refractivity contribution in [3.63, 3.8) is 0 Å². The lowest BCUT2D eigenvalue weighted by molar-refractivity contribution is 0.285. The molecule has 21 heavy (non-hydrogen) atoms. The molecule has 1 fully saturated rings. The van der Waals surface area contributed by atoms with Gasteiger partial charge in [-0.25, -0.2) is 0 Å². The van der Waals surface area contributed by atoms with Crippen LogP contribution in [0.4, 0.5) is 0 Å². The summed E-state index contributed by atoms with van der Waals surface area (Å²) in [6.07, 6.45) is 7.29. The SMILES string of the molecule is CCCCCCOc1c(Cl)cc(CNC2CC2)cc1OC. The molecular formula is C17H26ClNO2. The average molecular weight is 312 g/mol. The Kier molecular flexibility index (Phi) is 6.65. The lowest BCUT2D eigenvalue weighted by atomic mass is 10.2. The van der Waals surface area contributed by atoms with E-state index < -0.39 is 0 Å². The Balaban J connectivity index is 1.91. The predicted molar refractivity (Wildman–Crippen MR) is 87.5 cm³/mol. The van der Waals surface area contributed by atoms with Crippen LogP contribution < -0.4 is 14.8 Å². The molecule has 3 nitrogen and oxygen atoms in total. The number of hydrogen-bond donors (Lipinski definition) is 1. The summed E-state index contributed by atoms with van der Waals surface area (Å²) in [6, 6.07) is 4.67. The number of ether oxygens (including phenoxy) is 2. The molecule has 1 aliphatic rings. The van der Waals surface area contributed by atoms with E-state index in [1.165, 1.54) is 32.1 Å². The molecule has 0 spiro atoms. The maximum Gasteiger partial charge on any atom is 0.179 e. The number of hydrogen-bond acceptors (Lipinski definition) is 3. The minimum absolute atomic E-state index is 0.637. The fourth-order valence-electron chi connectivity index (χ4n) is 2.27. The predicted octanol–water partition coefficient (Wildman–Crippen LogP) is 4.56. The van der Waals surface area contributed by atoms with Gasteiger partial charge in [0.05, 0.1) is 18.7 Å². The number of methoxy groups -OCH3 is 1. The van der Waals surface area contributed by atoms with Crippen LogP contribution in [-0.4, -0.2) is 19.8 Å². The first-order chi connectivity index (χ1) is 10.2. The highest BCUT2D eigenvalue weighted by Crippen LogP contribution is 2.36. The molecule has 0 heterocycles. The number of rotatable bonds is 10. The molecule has 1 aromatic carbocycles. The van der Waals surface area contributed by atoms with Crippen LogP contribution >= 0.6 is 11.6 Å². The monoisotopic (exact) mass is 311 g/mol. The van der Waals surface area contributed by atoms with Crippen LogP contribution in [0.5, 0.6) is 11.5 Å². The largest absolute Gasteiger partial charge is 0.493 e. The minimum Gasteiger partial charge on any atom is -0.493 e. The van der Waals surface area contributed by atoms with Crippen molar-refractivity contribution in [1.82, 2.24) is 5.32 Å². The average Bonchev–Trinajstić information content (AvgIpc) is 3.30. The van der Waals surface area contributed by atoms with Crippen LogP contribution in [0.15, 0.2) is 12.1 Å². The molecule has 1 N–H and O–H groups in total. The topological polar surface area (TPSA) is 30.5 Å². The van der Waals surface area contributed by atoms with Gasteiger partial charge in [-0.05, 0) is 37.0 Å². The lowest BCUT2D eigenvalue weighted by Gasteiger charge is -2.14. The highest BCUT2D eigenvalue weighted by Gasteiger charge is 2.20. The molecule has 1 aromatic rings. The van der Waals surface area contributed by atoms with Gasteiger partial charge in [-0.1, -0.05) is 37.8 Å². The van der Waals surface area contributed by atoms with E-state index in [9.17, 15) is 0 Å². The second-order valence-electron chi connectivity index (χ2n) is 5.67. The number of unbranched alkanes of at least 4 members (excludes halogenated alkanes) is 3. The molecule has 1 aliphatic carbocycles. The van der Waals surface area contributed by atoms with Gasteiger partial charge < -0.3 is 14.8 Å². The Morgan fingerprint density at radius 2 is 2.05 bits per heavy atom. The second-order valence-corrected chi connectivity index (χ2v) is 6.08. The Morgan fingerprint density at radius 1 is 1.24 bits per heavy atom. The summed E-state index contributed by atoms with van der Waals surface area (Å²) >= 11 is 6.35. The molecule has 0 radical (unpaired) electrons. The summed E-state index contributed by atoms with van der Waals surface area (Å²) in [7, 11) is 1.66. The Bertz CT molecular complexity index is 447. The molecule has 118 valence electrons. The Morgan fingerprint density at radius 3 is 2.71 bits per heavy atom. The molecule has 0 atom stereocenters. The first-order valence-corrected chi connectivity index (χ1v) is 8.35. The van der Waals surface area contributed by atoms with E-state index in [1.807, 2.05) is 12.1 Å². The van der Waals surface area contributed by atoms with Crippen LogP contribution in [-0.2, 0) is 6.54 Å². The van der Waals surface area contributed by atoms with Gasteiger partial charge in [-0.2, -0.15) is 0 Å². The van der Waals surface area contributed by atoms with Crippen LogP contribution in [0.2, 0.25) is 5.02 Å². The van der Waals surface area contributed by atoms with Crippen molar-refractivity contribution in [2.45, 2.75) is 58.0 Å². The quantitative estimate of drug-likeness (QED) is 0.643. The van der Waals surface area contributed by atoms with Crippen molar-refractivity contribution >= 4 is 11.6 Å². The van der Waals surface area contributed by atoms with E-state index >= 15 is 0 Å². The number of nitrogens with one attached hydrogen (secondary N) is 1. The maximum atomic E-state index is 6.35. The highest BCUT2D eigenvalue weighted by molar-refractivity contribution is 6.32. The number of benzene rings is 1. The van der Waals surface area contributed by atoms with Gasteiger partial charge in [0.1, 0.15) is 0 Å². The Hall–Kier alpha value is -0.930. The van der Waals surface area contributed by atoms with Crippen molar-refractivity contribution in [2.75, 3.05) is 13.7 Å². The molecule has 0 aliphatic heterocycles. The van der Waals surface area contributed by atoms with Gasteiger partial charge in [0.15, 0.2) is 11.5 Å². The van der Waals surface area contributed by atoms with Gasteiger partial charge in [0.25, 0.3) is 0 Å². The Labute approximate surface area is 133 Å². The van der Waals surface area contributed by atoms with Crippen molar-refractivity contribution in [1.29, 1.82) is 0 Å². The molecule has 0 bridgehead atoms. The van der Waals surface area contributed by atoms with Crippen LogP contribution in [0.3, 0.4) is 0 Å². The molecular weight excluding hydrogens is 286 g/mol. The zero-order valence-corrected chi connectivity index (χ0v) is 13.8. The zero-order valence-electron chi connectivity index (χ0n) is 13.1. The minimum atomic E-state index is 0.637. The fourth-order valence-corrected chi connectivity index (χ4v) is 2.56. The second kappa shape index (κ2) is 8.50. The third-order valence-corrected chi connectivity index (χ3v) is 3.99. The third-order valence-electron chi connectivity index (χ3n) is 3.71. The van der Waals surface area contributed by atoms with Gasteiger partial charge in [-0.15, -0.1) is 0 Å². The van der Waals surface area contributed by atoms with E-state index in [0.717, 1.165) is 24.3 Å². The van der Waals surface area contributed by atoms with E-state index in [0.29, 0.717) is 23.4 Å². The molecule has 4 heteroatoms. The van der Waals surface area contributed by atoms with Gasteiger partial charge in [-0.3, -0.25) is 0 Å².